The second kappa shape index (κ2) is 4.82. The number of nitrogens with zero attached hydrogens (tertiary/aromatic N) is 2. The fourth-order valence-corrected chi connectivity index (χ4v) is 2.70. The van der Waals surface area contributed by atoms with Crippen molar-refractivity contribution in [1.29, 1.82) is 0 Å². The molecule has 1 aromatic heterocycles. The lowest BCUT2D eigenvalue weighted by atomic mass is 10.1. The fraction of sp³-hybridized carbons (Fsp3) is 0.438. The van der Waals surface area contributed by atoms with Crippen LogP contribution in [0.3, 0.4) is 0 Å². The zero-order valence-electron chi connectivity index (χ0n) is 11.6. The minimum Gasteiger partial charge on any atom is -0.356 e. The van der Waals surface area contributed by atoms with Gasteiger partial charge >= 0.3 is 0 Å². The molecule has 2 N–H and O–H groups in total. The summed E-state index contributed by atoms with van der Waals surface area (Å²) in [6.07, 6.45) is 2.69. The maximum atomic E-state index is 5.78. The van der Waals surface area contributed by atoms with Crippen LogP contribution in [-0.2, 0) is 6.54 Å². The predicted molar refractivity (Wildman–Crippen MR) is 80.2 cm³/mol. The summed E-state index contributed by atoms with van der Waals surface area (Å²) in [6, 6.07) is 11.1. The van der Waals surface area contributed by atoms with Crippen LogP contribution >= 0.6 is 0 Å². The van der Waals surface area contributed by atoms with Gasteiger partial charge in [0.15, 0.2) is 0 Å². The highest BCUT2D eigenvalue weighted by molar-refractivity contribution is 5.92. The molecule has 1 saturated carbocycles. The topological polar surface area (TPSA) is 42.2 Å². The standard InChI is InChI=1S/C16H21N3/c1-11(12-7-8-12)19(2)16-15-6-4-3-5-13(15)9-14(10-17)18-16/h3-6,9,11-12H,7-8,10,17H2,1-2H3. The van der Waals surface area contributed by atoms with Crippen molar-refractivity contribution in [3.63, 3.8) is 0 Å². The number of fused-ring (bicyclic) bond motifs is 1. The Kier molecular flexibility index (Phi) is 3.15. The molecule has 0 amide bonds. The molecule has 100 valence electrons. The van der Waals surface area contributed by atoms with Crippen LogP contribution in [0.4, 0.5) is 5.82 Å². The summed E-state index contributed by atoms with van der Waals surface area (Å²) in [5.74, 6) is 1.89. The maximum absolute atomic E-state index is 5.78. The molecule has 19 heavy (non-hydrogen) atoms. The summed E-state index contributed by atoms with van der Waals surface area (Å²) >= 11 is 0. The van der Waals surface area contributed by atoms with Gasteiger partial charge in [-0.05, 0) is 37.1 Å². The molecule has 3 heteroatoms. The minimum absolute atomic E-state index is 0.490. The first kappa shape index (κ1) is 12.4. The van der Waals surface area contributed by atoms with Crippen molar-refractivity contribution in [2.24, 2.45) is 11.7 Å². The van der Waals surface area contributed by atoms with Crippen LogP contribution < -0.4 is 10.6 Å². The second-order valence-electron chi connectivity index (χ2n) is 5.55. The SMILES string of the molecule is CC(C1CC1)N(C)c1nc(CN)cc2ccccc12. The van der Waals surface area contributed by atoms with Gasteiger partial charge in [0.05, 0.1) is 5.69 Å². The second-order valence-corrected chi connectivity index (χ2v) is 5.55. The zero-order chi connectivity index (χ0) is 13.4. The monoisotopic (exact) mass is 255 g/mol. The van der Waals surface area contributed by atoms with Crippen molar-refractivity contribution in [1.82, 2.24) is 4.98 Å². The molecule has 1 aromatic carbocycles. The number of hydrogen-bond acceptors (Lipinski definition) is 3. The number of hydrogen-bond donors (Lipinski definition) is 1. The maximum Gasteiger partial charge on any atom is 0.136 e. The molecule has 0 spiro atoms. The molecule has 0 saturated heterocycles. The fourth-order valence-electron chi connectivity index (χ4n) is 2.70. The normalized spacial score (nSPS) is 16.6. The van der Waals surface area contributed by atoms with Crippen LogP contribution in [0.1, 0.15) is 25.5 Å². The molecular weight excluding hydrogens is 234 g/mol. The zero-order valence-corrected chi connectivity index (χ0v) is 11.6. The lowest BCUT2D eigenvalue weighted by Gasteiger charge is -2.27. The highest BCUT2D eigenvalue weighted by atomic mass is 15.2. The van der Waals surface area contributed by atoms with Crippen molar-refractivity contribution in [2.45, 2.75) is 32.4 Å². The van der Waals surface area contributed by atoms with Crippen molar-refractivity contribution in [3.8, 4) is 0 Å². The molecule has 1 atom stereocenters. The molecule has 1 unspecified atom stereocenters. The Balaban J connectivity index is 2.09. The summed E-state index contributed by atoms with van der Waals surface area (Å²) in [5.41, 5.74) is 6.74. The number of rotatable bonds is 4. The Hall–Kier alpha value is -1.61. The molecule has 3 rings (SSSR count). The van der Waals surface area contributed by atoms with Crippen LogP contribution in [0, 0.1) is 5.92 Å². The largest absolute Gasteiger partial charge is 0.356 e. The van der Waals surface area contributed by atoms with E-state index in [0.29, 0.717) is 12.6 Å². The van der Waals surface area contributed by atoms with E-state index in [2.05, 4.69) is 49.2 Å². The molecule has 0 radical (unpaired) electrons. The van der Waals surface area contributed by atoms with E-state index < -0.39 is 0 Å². The number of anilines is 1. The molecule has 0 aliphatic heterocycles. The Labute approximate surface area is 114 Å². The first-order valence-corrected chi connectivity index (χ1v) is 7.02. The van der Waals surface area contributed by atoms with Gasteiger partial charge in [0.2, 0.25) is 0 Å². The van der Waals surface area contributed by atoms with Gasteiger partial charge in [0, 0.05) is 25.0 Å². The van der Waals surface area contributed by atoms with Crippen molar-refractivity contribution < 1.29 is 0 Å². The Morgan fingerprint density at radius 2 is 2.11 bits per heavy atom. The van der Waals surface area contributed by atoms with Gasteiger partial charge < -0.3 is 10.6 Å². The molecule has 1 heterocycles. The first-order valence-electron chi connectivity index (χ1n) is 7.02. The third kappa shape index (κ3) is 2.30. The van der Waals surface area contributed by atoms with Crippen LogP contribution in [-0.4, -0.2) is 18.1 Å². The summed E-state index contributed by atoms with van der Waals surface area (Å²) in [5, 5.41) is 2.44. The van der Waals surface area contributed by atoms with Crippen LogP contribution in [0.5, 0.6) is 0 Å². The van der Waals surface area contributed by atoms with Crippen molar-refractivity contribution in [2.75, 3.05) is 11.9 Å². The number of pyridine rings is 1. The van der Waals surface area contributed by atoms with E-state index in [9.17, 15) is 0 Å². The number of nitrogens with two attached hydrogens (primary N) is 1. The molecule has 1 aliphatic carbocycles. The summed E-state index contributed by atoms with van der Waals surface area (Å²) < 4.78 is 0. The van der Waals surface area contributed by atoms with E-state index in [1.807, 2.05) is 0 Å². The average Bonchev–Trinajstić information content (AvgIpc) is 3.29. The van der Waals surface area contributed by atoms with E-state index in [1.54, 1.807) is 0 Å². The van der Waals surface area contributed by atoms with Crippen LogP contribution in [0.2, 0.25) is 0 Å². The lowest BCUT2D eigenvalue weighted by molar-refractivity contribution is 0.605. The first-order chi connectivity index (χ1) is 9.20. The van der Waals surface area contributed by atoms with E-state index in [1.165, 1.54) is 23.6 Å². The Morgan fingerprint density at radius 3 is 2.79 bits per heavy atom. The molecule has 1 aliphatic rings. The highest BCUT2D eigenvalue weighted by Crippen LogP contribution is 2.37. The molecule has 2 aromatic rings. The number of benzene rings is 1. The lowest BCUT2D eigenvalue weighted by Crippen LogP contribution is -2.31. The van der Waals surface area contributed by atoms with Gasteiger partial charge in [-0.3, -0.25) is 0 Å². The number of aromatic nitrogens is 1. The van der Waals surface area contributed by atoms with Crippen LogP contribution in [0.25, 0.3) is 10.8 Å². The quantitative estimate of drug-likeness (QED) is 0.913. The Morgan fingerprint density at radius 1 is 1.37 bits per heavy atom. The van der Waals surface area contributed by atoms with E-state index in [-0.39, 0.29) is 0 Å². The molecule has 3 nitrogen and oxygen atoms in total. The molecule has 1 fully saturated rings. The third-order valence-corrected chi connectivity index (χ3v) is 4.23. The van der Waals surface area contributed by atoms with Gasteiger partial charge in [-0.2, -0.15) is 0 Å². The van der Waals surface area contributed by atoms with Gasteiger partial charge in [0.25, 0.3) is 0 Å². The van der Waals surface area contributed by atoms with Gasteiger partial charge in [0.1, 0.15) is 5.82 Å². The van der Waals surface area contributed by atoms with Gasteiger partial charge in [-0.25, -0.2) is 4.98 Å². The summed E-state index contributed by atoms with van der Waals surface area (Å²) in [4.78, 5) is 7.07. The van der Waals surface area contributed by atoms with E-state index >= 15 is 0 Å². The summed E-state index contributed by atoms with van der Waals surface area (Å²) in [6.45, 7) is 2.78. The van der Waals surface area contributed by atoms with E-state index in [0.717, 1.165) is 17.4 Å². The summed E-state index contributed by atoms with van der Waals surface area (Å²) in [7, 11) is 2.15. The molecular formula is C16H21N3. The Bertz CT molecular complexity index is 590. The molecule has 0 bridgehead atoms. The third-order valence-electron chi connectivity index (χ3n) is 4.23. The predicted octanol–water partition coefficient (Wildman–Crippen LogP) is 2.93. The van der Waals surface area contributed by atoms with Gasteiger partial charge in [-0.1, -0.05) is 24.3 Å². The van der Waals surface area contributed by atoms with Gasteiger partial charge in [-0.15, -0.1) is 0 Å². The minimum atomic E-state index is 0.490. The van der Waals surface area contributed by atoms with Crippen molar-refractivity contribution in [3.05, 3.63) is 36.0 Å². The average molecular weight is 255 g/mol. The highest BCUT2D eigenvalue weighted by Gasteiger charge is 2.31. The van der Waals surface area contributed by atoms with E-state index in [4.69, 9.17) is 10.7 Å². The van der Waals surface area contributed by atoms with Crippen LogP contribution in [0.15, 0.2) is 30.3 Å². The van der Waals surface area contributed by atoms with Crippen molar-refractivity contribution >= 4 is 16.6 Å². The smallest absolute Gasteiger partial charge is 0.136 e.